The van der Waals surface area contributed by atoms with Gasteiger partial charge in [0, 0.05) is 12.1 Å². The first-order chi connectivity index (χ1) is 13.8. The Kier molecular flexibility index (Phi) is 7.64. The largest absolute Gasteiger partial charge is 0.493 e. The highest BCUT2D eigenvalue weighted by Gasteiger charge is 2.32. The summed E-state index contributed by atoms with van der Waals surface area (Å²) in [5.41, 5.74) is 1.32. The summed E-state index contributed by atoms with van der Waals surface area (Å²) >= 11 is 0. The number of carbonyl (C=O) groups is 3. The fraction of sp³-hybridized carbons (Fsp3) is 0.476. The molecule has 29 heavy (non-hydrogen) atoms. The predicted molar refractivity (Wildman–Crippen MR) is 106 cm³/mol. The fourth-order valence-electron chi connectivity index (χ4n) is 2.95. The molecule has 1 heterocycles. The number of allylic oxidation sites excluding steroid dienone is 1. The predicted octanol–water partition coefficient (Wildman–Crippen LogP) is 3.23. The van der Waals surface area contributed by atoms with E-state index in [4.69, 9.17) is 14.2 Å². The summed E-state index contributed by atoms with van der Waals surface area (Å²) < 4.78 is 15.9. The maximum Gasteiger partial charge on any atom is 0.338 e. The minimum atomic E-state index is -0.720. The molecule has 2 rings (SSSR count). The molecule has 1 aromatic carbocycles. The van der Waals surface area contributed by atoms with Crippen LogP contribution in [-0.2, 0) is 14.3 Å². The normalized spacial score (nSPS) is 16.2. The molecule has 0 radical (unpaired) electrons. The first-order valence-corrected chi connectivity index (χ1v) is 9.60. The van der Waals surface area contributed by atoms with E-state index in [1.54, 1.807) is 32.0 Å². The molecule has 0 spiro atoms. The number of benzene rings is 1. The third-order valence-corrected chi connectivity index (χ3v) is 4.44. The Morgan fingerprint density at radius 3 is 2.55 bits per heavy atom. The first kappa shape index (κ1) is 22.3. The van der Waals surface area contributed by atoms with Crippen molar-refractivity contribution in [2.45, 2.75) is 46.6 Å². The Morgan fingerprint density at radius 1 is 1.21 bits per heavy atom. The van der Waals surface area contributed by atoms with Crippen LogP contribution in [0, 0.1) is 5.92 Å². The lowest BCUT2D eigenvalue weighted by molar-refractivity contribution is -0.139. The summed E-state index contributed by atoms with van der Waals surface area (Å²) in [5, 5.41) is 5.31. The molecule has 1 aliphatic heterocycles. The SMILES string of the molecule is CCOC(=O)C1=C(C)NC(=O)NC1c1ccc(OC(=O)CCC(C)C)c(OC)c1. The number of carbonyl (C=O) groups excluding carboxylic acids is 3. The summed E-state index contributed by atoms with van der Waals surface area (Å²) in [6.07, 6.45) is 1.04. The maximum absolute atomic E-state index is 12.4. The molecule has 1 aromatic rings. The van der Waals surface area contributed by atoms with Gasteiger partial charge in [0.05, 0.1) is 25.3 Å². The van der Waals surface area contributed by atoms with Crippen LogP contribution < -0.4 is 20.1 Å². The quantitative estimate of drug-likeness (QED) is 0.509. The minimum Gasteiger partial charge on any atom is -0.493 e. The Bertz CT molecular complexity index is 815. The number of hydrogen-bond donors (Lipinski definition) is 2. The average Bonchev–Trinajstić information content (AvgIpc) is 2.66. The smallest absolute Gasteiger partial charge is 0.338 e. The third-order valence-electron chi connectivity index (χ3n) is 4.44. The molecule has 8 heteroatoms. The Balaban J connectivity index is 2.31. The molecule has 0 saturated heterocycles. The zero-order valence-electron chi connectivity index (χ0n) is 17.5. The van der Waals surface area contributed by atoms with E-state index in [0.717, 1.165) is 6.42 Å². The van der Waals surface area contributed by atoms with Crippen molar-refractivity contribution >= 4 is 18.0 Å². The van der Waals surface area contributed by atoms with E-state index < -0.39 is 18.0 Å². The van der Waals surface area contributed by atoms with Gasteiger partial charge in [0.25, 0.3) is 0 Å². The maximum atomic E-state index is 12.4. The van der Waals surface area contributed by atoms with Crippen molar-refractivity contribution in [3.63, 3.8) is 0 Å². The van der Waals surface area contributed by atoms with Crippen LogP contribution in [-0.4, -0.2) is 31.7 Å². The van der Waals surface area contributed by atoms with Crippen LogP contribution in [0.1, 0.15) is 52.1 Å². The lowest BCUT2D eigenvalue weighted by atomic mass is 9.95. The van der Waals surface area contributed by atoms with Gasteiger partial charge in [0.2, 0.25) is 0 Å². The van der Waals surface area contributed by atoms with Crippen LogP contribution in [0.15, 0.2) is 29.5 Å². The summed E-state index contributed by atoms with van der Waals surface area (Å²) in [4.78, 5) is 36.4. The van der Waals surface area contributed by atoms with E-state index in [1.807, 2.05) is 13.8 Å². The number of amides is 2. The second-order valence-electron chi connectivity index (χ2n) is 7.11. The topological polar surface area (TPSA) is 103 Å². The van der Waals surface area contributed by atoms with Gasteiger partial charge in [0.15, 0.2) is 11.5 Å². The molecule has 0 fully saturated rings. The molecular formula is C21H28N2O6. The van der Waals surface area contributed by atoms with Crippen LogP contribution in [0.2, 0.25) is 0 Å². The van der Waals surface area contributed by atoms with Crippen LogP contribution in [0.4, 0.5) is 4.79 Å². The van der Waals surface area contributed by atoms with Crippen molar-refractivity contribution in [1.82, 2.24) is 10.6 Å². The minimum absolute atomic E-state index is 0.213. The Hall–Kier alpha value is -3.03. The van der Waals surface area contributed by atoms with Gasteiger partial charge >= 0.3 is 18.0 Å². The van der Waals surface area contributed by atoms with Gasteiger partial charge in [-0.1, -0.05) is 19.9 Å². The third kappa shape index (κ3) is 5.73. The molecule has 0 saturated carbocycles. The van der Waals surface area contributed by atoms with E-state index in [2.05, 4.69) is 10.6 Å². The number of methoxy groups -OCH3 is 1. The van der Waals surface area contributed by atoms with Crippen molar-refractivity contribution in [3.05, 3.63) is 35.0 Å². The molecule has 2 amide bonds. The molecule has 1 aliphatic rings. The summed E-state index contributed by atoms with van der Waals surface area (Å²) in [7, 11) is 1.46. The first-order valence-electron chi connectivity index (χ1n) is 9.60. The van der Waals surface area contributed by atoms with Crippen molar-refractivity contribution < 1.29 is 28.6 Å². The second kappa shape index (κ2) is 9.95. The van der Waals surface area contributed by atoms with Crippen LogP contribution in [0.25, 0.3) is 0 Å². The highest BCUT2D eigenvalue weighted by molar-refractivity contribution is 5.95. The molecule has 2 N–H and O–H groups in total. The van der Waals surface area contributed by atoms with Gasteiger partial charge in [-0.2, -0.15) is 0 Å². The number of rotatable bonds is 8. The van der Waals surface area contributed by atoms with Crippen LogP contribution >= 0.6 is 0 Å². The van der Waals surface area contributed by atoms with E-state index in [9.17, 15) is 14.4 Å². The molecule has 0 bridgehead atoms. The van der Waals surface area contributed by atoms with Gasteiger partial charge in [-0.15, -0.1) is 0 Å². The lowest BCUT2D eigenvalue weighted by Gasteiger charge is -2.28. The molecule has 8 nitrogen and oxygen atoms in total. The molecule has 158 valence electrons. The second-order valence-corrected chi connectivity index (χ2v) is 7.11. The zero-order chi connectivity index (χ0) is 21.6. The Labute approximate surface area is 170 Å². The van der Waals surface area contributed by atoms with Gasteiger partial charge in [-0.3, -0.25) is 4.79 Å². The van der Waals surface area contributed by atoms with Crippen molar-refractivity contribution in [1.29, 1.82) is 0 Å². The molecule has 1 atom stereocenters. The van der Waals surface area contributed by atoms with Crippen molar-refractivity contribution in [2.75, 3.05) is 13.7 Å². The van der Waals surface area contributed by atoms with E-state index in [0.29, 0.717) is 34.9 Å². The van der Waals surface area contributed by atoms with E-state index in [-0.39, 0.29) is 18.3 Å². The summed E-state index contributed by atoms with van der Waals surface area (Å²) in [6.45, 7) is 7.63. The summed E-state index contributed by atoms with van der Waals surface area (Å²) in [5.74, 6) is 0.137. The standard InChI is InChI=1S/C21H28N2O6/c1-6-28-20(25)18-13(4)22-21(26)23-19(18)14-8-9-15(16(11-14)27-5)29-17(24)10-7-12(2)3/h8-9,11-12,19H,6-7,10H2,1-5H3,(H2,22,23,26). The highest BCUT2D eigenvalue weighted by Crippen LogP contribution is 2.34. The molecule has 0 aromatic heterocycles. The van der Waals surface area contributed by atoms with E-state index in [1.165, 1.54) is 7.11 Å². The Morgan fingerprint density at radius 2 is 1.93 bits per heavy atom. The van der Waals surface area contributed by atoms with Crippen molar-refractivity contribution in [2.24, 2.45) is 5.92 Å². The number of nitrogens with one attached hydrogen (secondary N) is 2. The molecule has 1 unspecified atom stereocenters. The van der Waals surface area contributed by atoms with Gasteiger partial charge in [-0.25, -0.2) is 9.59 Å². The number of urea groups is 1. The summed E-state index contributed by atoms with van der Waals surface area (Å²) in [6, 6.07) is 3.75. The van der Waals surface area contributed by atoms with Gasteiger partial charge in [-0.05, 0) is 43.9 Å². The average molecular weight is 404 g/mol. The number of hydrogen-bond acceptors (Lipinski definition) is 6. The van der Waals surface area contributed by atoms with Crippen molar-refractivity contribution in [3.8, 4) is 11.5 Å². The lowest BCUT2D eigenvalue weighted by Crippen LogP contribution is -2.45. The zero-order valence-corrected chi connectivity index (χ0v) is 17.5. The van der Waals surface area contributed by atoms with Crippen LogP contribution in [0.5, 0.6) is 11.5 Å². The number of esters is 2. The fourth-order valence-corrected chi connectivity index (χ4v) is 2.95. The van der Waals surface area contributed by atoms with Gasteiger partial charge < -0.3 is 24.8 Å². The molecular weight excluding hydrogens is 376 g/mol. The molecule has 0 aliphatic carbocycles. The van der Waals surface area contributed by atoms with Gasteiger partial charge in [0.1, 0.15) is 0 Å². The van der Waals surface area contributed by atoms with E-state index >= 15 is 0 Å². The highest BCUT2D eigenvalue weighted by atomic mass is 16.6. The number of ether oxygens (including phenoxy) is 3. The van der Waals surface area contributed by atoms with Crippen LogP contribution in [0.3, 0.4) is 0 Å². The monoisotopic (exact) mass is 404 g/mol.